The molecule has 216 valence electrons. The number of esters is 1. The second-order valence-corrected chi connectivity index (χ2v) is 12.9. The first-order chi connectivity index (χ1) is 19.2. The fourth-order valence-electron chi connectivity index (χ4n) is 5.80. The highest BCUT2D eigenvalue weighted by Crippen LogP contribution is 2.43. The number of fused-ring (bicyclic) bond motifs is 2. The molecule has 3 heterocycles. The topological polar surface area (TPSA) is 65.5 Å². The summed E-state index contributed by atoms with van der Waals surface area (Å²) in [4.78, 5) is 18.9. The Morgan fingerprint density at radius 2 is 1.88 bits per heavy atom. The van der Waals surface area contributed by atoms with Crippen LogP contribution in [0.2, 0.25) is 0 Å². The number of nitrogens with zero attached hydrogens (tertiary/aromatic N) is 3. The molecular formula is C32H43N3O4S. The first-order valence-electron chi connectivity index (χ1n) is 14.5. The molecule has 1 saturated heterocycles. The fraction of sp³-hybridized carbons (Fsp3) is 0.531. The van der Waals surface area contributed by atoms with Gasteiger partial charge in [-0.05, 0) is 60.0 Å². The molecule has 0 bridgehead atoms. The van der Waals surface area contributed by atoms with Crippen LogP contribution < -0.4 is 14.5 Å². The van der Waals surface area contributed by atoms with Crippen molar-refractivity contribution in [2.45, 2.75) is 58.6 Å². The van der Waals surface area contributed by atoms with Gasteiger partial charge in [0.15, 0.2) is 6.73 Å². The molecule has 0 amide bonds. The monoisotopic (exact) mass is 565 g/mol. The Kier molecular flexibility index (Phi) is 8.88. The molecule has 1 fully saturated rings. The number of aliphatic hydroxyl groups excluding tert-OH is 1. The minimum atomic E-state index is -0.726. The predicted octanol–water partition coefficient (Wildman–Crippen LogP) is 5.85. The minimum absolute atomic E-state index is 0.0282. The molecule has 2 aromatic carbocycles. The number of hydrogen-bond acceptors (Lipinski definition) is 8. The van der Waals surface area contributed by atoms with Crippen LogP contribution in [0.15, 0.2) is 47.8 Å². The highest BCUT2D eigenvalue weighted by atomic mass is 32.1. The second kappa shape index (κ2) is 12.4. The van der Waals surface area contributed by atoms with Crippen molar-refractivity contribution in [3.8, 4) is 5.75 Å². The van der Waals surface area contributed by atoms with E-state index in [1.807, 2.05) is 37.3 Å². The van der Waals surface area contributed by atoms with Gasteiger partial charge in [0.25, 0.3) is 0 Å². The van der Waals surface area contributed by atoms with Gasteiger partial charge in [-0.3, -0.25) is 9.69 Å². The third-order valence-electron chi connectivity index (χ3n) is 8.20. The maximum atomic E-state index is 12.1. The molecule has 5 rings (SSSR count). The smallest absolute Gasteiger partial charge is 0.310 e. The number of anilines is 2. The van der Waals surface area contributed by atoms with E-state index in [0.29, 0.717) is 13.0 Å². The van der Waals surface area contributed by atoms with Crippen LogP contribution in [0.4, 0.5) is 11.4 Å². The first kappa shape index (κ1) is 28.7. The Balaban J connectivity index is 1.10. The Hall–Kier alpha value is -2.81. The van der Waals surface area contributed by atoms with Gasteiger partial charge >= 0.3 is 5.97 Å². The van der Waals surface area contributed by atoms with Crippen LogP contribution in [0.1, 0.15) is 52.5 Å². The van der Waals surface area contributed by atoms with Gasteiger partial charge in [-0.15, -0.1) is 11.3 Å². The van der Waals surface area contributed by atoms with E-state index in [1.54, 1.807) is 4.90 Å². The summed E-state index contributed by atoms with van der Waals surface area (Å²) in [6.45, 7) is 13.9. The molecule has 3 aromatic rings. The van der Waals surface area contributed by atoms with Crippen molar-refractivity contribution in [1.29, 1.82) is 0 Å². The summed E-state index contributed by atoms with van der Waals surface area (Å²) in [5, 5.41) is 14.4. The van der Waals surface area contributed by atoms with Crippen molar-refractivity contribution in [1.82, 2.24) is 4.90 Å². The molecule has 1 aromatic heterocycles. The molecule has 2 aliphatic rings. The maximum Gasteiger partial charge on any atom is 0.310 e. The van der Waals surface area contributed by atoms with Crippen molar-refractivity contribution in [3.63, 3.8) is 0 Å². The van der Waals surface area contributed by atoms with Crippen molar-refractivity contribution >= 4 is 38.8 Å². The van der Waals surface area contributed by atoms with Crippen LogP contribution in [0.3, 0.4) is 0 Å². The van der Waals surface area contributed by atoms with Gasteiger partial charge in [0.2, 0.25) is 0 Å². The van der Waals surface area contributed by atoms with Crippen molar-refractivity contribution in [3.05, 3.63) is 53.4 Å². The predicted molar refractivity (Wildman–Crippen MR) is 164 cm³/mol. The third kappa shape index (κ3) is 6.40. The Morgan fingerprint density at radius 3 is 2.65 bits per heavy atom. The number of aliphatic hydroxyl groups is 1. The van der Waals surface area contributed by atoms with Crippen molar-refractivity contribution in [2.24, 2.45) is 5.92 Å². The summed E-state index contributed by atoms with van der Waals surface area (Å²) in [6.07, 6.45) is 1.91. The summed E-state index contributed by atoms with van der Waals surface area (Å²) in [5.41, 5.74) is 3.17. The standard InChI is InChI=1S/C32H43N3O4S/c1-23(2)31(37)39-22-35-28-20-24(10-11-26(28)32(3,4)21-30(35)36)38-18-6-5-13-33-14-16-34(17-15-33)27-8-7-9-29-25(27)12-19-40-29/h7-12,19-20,23,30,36H,5-6,13-18,21-22H2,1-4H3. The summed E-state index contributed by atoms with van der Waals surface area (Å²) in [5.74, 6) is 0.296. The molecule has 0 saturated carbocycles. The highest BCUT2D eigenvalue weighted by Gasteiger charge is 2.37. The van der Waals surface area contributed by atoms with Crippen molar-refractivity contribution < 1.29 is 19.4 Å². The van der Waals surface area contributed by atoms with Crippen LogP contribution in [0.5, 0.6) is 5.75 Å². The average molecular weight is 566 g/mol. The van der Waals surface area contributed by atoms with Gasteiger partial charge in [0.1, 0.15) is 12.0 Å². The molecule has 1 unspecified atom stereocenters. The summed E-state index contributed by atoms with van der Waals surface area (Å²) in [6, 6.07) is 15.0. The highest BCUT2D eigenvalue weighted by molar-refractivity contribution is 7.17. The van der Waals surface area contributed by atoms with Crippen LogP contribution in [0, 0.1) is 5.92 Å². The van der Waals surface area contributed by atoms with Gasteiger partial charge in [-0.25, -0.2) is 0 Å². The van der Waals surface area contributed by atoms with E-state index in [4.69, 9.17) is 9.47 Å². The summed E-state index contributed by atoms with van der Waals surface area (Å²) in [7, 11) is 0. The Bertz CT molecular complexity index is 1300. The Morgan fingerprint density at radius 1 is 1.07 bits per heavy atom. The van der Waals surface area contributed by atoms with Crippen LogP contribution in [0.25, 0.3) is 10.1 Å². The number of piperazine rings is 1. The van der Waals surface area contributed by atoms with Gasteiger partial charge < -0.3 is 24.4 Å². The molecule has 40 heavy (non-hydrogen) atoms. The van der Waals surface area contributed by atoms with E-state index in [1.165, 1.54) is 15.8 Å². The van der Waals surface area contributed by atoms with Crippen molar-refractivity contribution in [2.75, 3.05) is 55.9 Å². The van der Waals surface area contributed by atoms with E-state index in [0.717, 1.165) is 62.6 Å². The zero-order valence-corrected chi connectivity index (χ0v) is 25.1. The largest absolute Gasteiger partial charge is 0.494 e. The number of carbonyl (C=O) groups excluding carboxylic acids is 1. The molecule has 1 atom stereocenters. The zero-order valence-electron chi connectivity index (χ0n) is 24.3. The SMILES string of the molecule is CC(C)C(=O)OCN1c2cc(OCCCCN3CCN(c4cccc5sccc45)CC3)ccc2C(C)(C)CC1O. The molecule has 0 aliphatic carbocycles. The second-order valence-electron chi connectivity index (χ2n) is 12.0. The molecule has 0 radical (unpaired) electrons. The van der Waals surface area contributed by atoms with Crippen LogP contribution >= 0.6 is 11.3 Å². The molecule has 7 nitrogen and oxygen atoms in total. The fourth-order valence-corrected chi connectivity index (χ4v) is 6.60. The van der Waals surface area contributed by atoms with Crippen LogP contribution in [-0.2, 0) is 14.9 Å². The normalized spacial score (nSPS) is 19.2. The number of ether oxygens (including phenoxy) is 2. The number of hydrogen-bond donors (Lipinski definition) is 1. The van der Waals surface area contributed by atoms with Gasteiger partial charge in [0, 0.05) is 60.1 Å². The average Bonchev–Trinajstić information content (AvgIpc) is 3.42. The third-order valence-corrected chi connectivity index (χ3v) is 9.08. The van der Waals surface area contributed by atoms with Gasteiger partial charge in [-0.1, -0.05) is 39.8 Å². The van der Waals surface area contributed by atoms with E-state index in [-0.39, 0.29) is 24.0 Å². The van der Waals surface area contributed by atoms with E-state index in [2.05, 4.69) is 59.4 Å². The first-order valence-corrected chi connectivity index (χ1v) is 15.4. The lowest BCUT2D eigenvalue weighted by atomic mass is 9.77. The Labute approximate surface area is 242 Å². The van der Waals surface area contributed by atoms with E-state index in [9.17, 15) is 9.90 Å². The number of thiophene rings is 1. The summed E-state index contributed by atoms with van der Waals surface area (Å²) >= 11 is 1.81. The summed E-state index contributed by atoms with van der Waals surface area (Å²) < 4.78 is 13.0. The van der Waals surface area contributed by atoms with Gasteiger partial charge in [-0.2, -0.15) is 0 Å². The molecular weight excluding hydrogens is 522 g/mol. The number of carbonyl (C=O) groups is 1. The molecule has 0 spiro atoms. The molecule has 8 heteroatoms. The quantitative estimate of drug-likeness (QED) is 0.245. The molecule has 2 aliphatic heterocycles. The van der Waals surface area contributed by atoms with Gasteiger partial charge in [0.05, 0.1) is 12.5 Å². The maximum absolute atomic E-state index is 12.1. The lowest BCUT2D eigenvalue weighted by molar-refractivity contribution is -0.147. The lowest BCUT2D eigenvalue weighted by Gasteiger charge is -2.43. The minimum Gasteiger partial charge on any atom is -0.494 e. The number of unbranched alkanes of at least 4 members (excludes halogenated alkanes) is 1. The van der Waals surface area contributed by atoms with E-state index >= 15 is 0 Å². The lowest BCUT2D eigenvalue weighted by Crippen LogP contribution is -2.46. The zero-order chi connectivity index (χ0) is 28.3. The number of rotatable bonds is 10. The molecule has 1 N–H and O–H groups in total. The number of benzene rings is 2. The van der Waals surface area contributed by atoms with Crippen LogP contribution in [-0.4, -0.2) is 68.3 Å². The van der Waals surface area contributed by atoms with E-state index < -0.39 is 6.23 Å².